The number of aliphatic carboxylic acids is 1. The molecule has 2 rings (SSSR count). The van der Waals surface area contributed by atoms with Gasteiger partial charge >= 0.3 is 5.97 Å². The Balaban J connectivity index is 1.74. The van der Waals surface area contributed by atoms with Gasteiger partial charge in [0.25, 0.3) is 0 Å². The Kier molecular flexibility index (Phi) is 5.32. The highest BCUT2D eigenvalue weighted by molar-refractivity contribution is 5.87. The van der Waals surface area contributed by atoms with E-state index in [1.807, 2.05) is 0 Å². The van der Waals surface area contributed by atoms with E-state index in [1.54, 1.807) is 12.1 Å². The number of amides is 1. The predicted molar refractivity (Wildman–Crippen MR) is 75.1 cm³/mol. The van der Waals surface area contributed by atoms with Crippen molar-refractivity contribution >= 4 is 11.9 Å². The molecule has 1 amide bonds. The molecule has 1 saturated heterocycles. The van der Waals surface area contributed by atoms with Crippen LogP contribution in [0.5, 0.6) is 5.75 Å². The molecular weight excluding hydrogens is 293 g/mol. The van der Waals surface area contributed by atoms with Gasteiger partial charge in [-0.05, 0) is 18.6 Å². The van der Waals surface area contributed by atoms with Crippen LogP contribution in [0.15, 0.2) is 24.3 Å². The molecule has 1 aliphatic rings. The average Bonchev–Trinajstić information content (AvgIpc) is 2.95. The van der Waals surface area contributed by atoms with Crippen LogP contribution in [0.4, 0.5) is 4.39 Å². The Morgan fingerprint density at radius 3 is 2.82 bits per heavy atom. The third-order valence-corrected chi connectivity index (χ3v) is 3.45. The maximum absolute atomic E-state index is 13.3. The van der Waals surface area contributed by atoms with Gasteiger partial charge in [0.1, 0.15) is 0 Å². The lowest BCUT2D eigenvalue weighted by atomic mass is 9.99. The fraction of sp³-hybridized carbons (Fsp3) is 0.467. The van der Waals surface area contributed by atoms with Crippen LogP contribution in [0.1, 0.15) is 19.3 Å². The first-order valence-electron chi connectivity index (χ1n) is 7.03. The van der Waals surface area contributed by atoms with E-state index in [0.717, 1.165) is 0 Å². The highest BCUT2D eigenvalue weighted by atomic mass is 19.1. The first kappa shape index (κ1) is 16.2. The summed E-state index contributed by atoms with van der Waals surface area (Å²) in [5.74, 6) is -1.81. The SMILES string of the molecule is O=C(CCCOc1ccccc1F)NC1(C(=O)O)CCOC1. The van der Waals surface area contributed by atoms with Crippen LogP contribution in [0, 0.1) is 5.82 Å². The smallest absolute Gasteiger partial charge is 0.331 e. The summed E-state index contributed by atoms with van der Waals surface area (Å²) in [5, 5.41) is 11.7. The first-order chi connectivity index (χ1) is 10.5. The molecule has 0 saturated carbocycles. The van der Waals surface area contributed by atoms with Crippen molar-refractivity contribution in [2.24, 2.45) is 0 Å². The lowest BCUT2D eigenvalue weighted by Crippen LogP contribution is -2.55. The van der Waals surface area contributed by atoms with E-state index >= 15 is 0 Å². The van der Waals surface area contributed by atoms with Gasteiger partial charge in [-0.3, -0.25) is 4.79 Å². The number of rotatable bonds is 7. The summed E-state index contributed by atoms with van der Waals surface area (Å²) < 4.78 is 23.6. The van der Waals surface area contributed by atoms with Crippen molar-refractivity contribution in [3.63, 3.8) is 0 Å². The Labute approximate surface area is 127 Å². The maximum Gasteiger partial charge on any atom is 0.331 e. The molecule has 0 aliphatic carbocycles. The summed E-state index contributed by atoms with van der Waals surface area (Å²) in [6.07, 6.45) is 0.708. The van der Waals surface area contributed by atoms with Crippen LogP contribution < -0.4 is 10.1 Å². The van der Waals surface area contributed by atoms with E-state index < -0.39 is 17.3 Å². The van der Waals surface area contributed by atoms with Crippen LogP contribution in [0.2, 0.25) is 0 Å². The van der Waals surface area contributed by atoms with Crippen LogP contribution in [-0.2, 0) is 14.3 Å². The molecule has 0 spiro atoms. The number of carbonyl (C=O) groups excluding carboxylic acids is 1. The average molecular weight is 311 g/mol. The standard InChI is InChI=1S/C15H18FNO5/c16-11-4-1-2-5-12(11)22-8-3-6-13(18)17-15(14(19)20)7-9-21-10-15/h1-2,4-5H,3,6-10H2,(H,17,18)(H,19,20). The summed E-state index contributed by atoms with van der Waals surface area (Å²) in [7, 11) is 0. The summed E-state index contributed by atoms with van der Waals surface area (Å²) in [4.78, 5) is 23.1. The Hall–Kier alpha value is -2.15. The Morgan fingerprint density at radius 1 is 1.41 bits per heavy atom. The molecule has 1 unspecified atom stereocenters. The highest BCUT2D eigenvalue weighted by Gasteiger charge is 2.43. The molecule has 0 bridgehead atoms. The molecule has 1 fully saturated rings. The van der Waals surface area contributed by atoms with Crippen molar-refractivity contribution in [2.45, 2.75) is 24.8 Å². The molecular formula is C15H18FNO5. The molecule has 1 aromatic rings. The van der Waals surface area contributed by atoms with Crippen molar-refractivity contribution in [1.82, 2.24) is 5.32 Å². The molecule has 0 aromatic heterocycles. The number of para-hydroxylation sites is 1. The normalized spacial score (nSPS) is 20.6. The van der Waals surface area contributed by atoms with E-state index in [0.29, 0.717) is 13.0 Å². The van der Waals surface area contributed by atoms with Crippen molar-refractivity contribution in [3.05, 3.63) is 30.1 Å². The molecule has 7 heteroatoms. The van der Waals surface area contributed by atoms with Gasteiger partial charge in [0, 0.05) is 19.4 Å². The van der Waals surface area contributed by atoms with Gasteiger partial charge in [-0.1, -0.05) is 12.1 Å². The molecule has 120 valence electrons. The number of hydrogen-bond acceptors (Lipinski definition) is 4. The van der Waals surface area contributed by atoms with Crippen LogP contribution in [0.3, 0.4) is 0 Å². The largest absolute Gasteiger partial charge is 0.491 e. The molecule has 1 aliphatic heterocycles. The second-order valence-corrected chi connectivity index (χ2v) is 5.12. The zero-order valence-electron chi connectivity index (χ0n) is 12.0. The minimum Gasteiger partial charge on any atom is -0.491 e. The Morgan fingerprint density at radius 2 is 2.18 bits per heavy atom. The van der Waals surface area contributed by atoms with E-state index in [2.05, 4.69) is 5.32 Å². The van der Waals surface area contributed by atoms with Gasteiger partial charge in [-0.25, -0.2) is 9.18 Å². The fourth-order valence-electron chi connectivity index (χ4n) is 2.19. The third kappa shape index (κ3) is 3.94. The van der Waals surface area contributed by atoms with Crippen molar-refractivity contribution in [2.75, 3.05) is 19.8 Å². The molecule has 22 heavy (non-hydrogen) atoms. The van der Waals surface area contributed by atoms with E-state index in [4.69, 9.17) is 9.47 Å². The second kappa shape index (κ2) is 7.22. The molecule has 1 heterocycles. The molecule has 1 aromatic carbocycles. The van der Waals surface area contributed by atoms with Crippen LogP contribution in [0.25, 0.3) is 0 Å². The molecule has 1 atom stereocenters. The van der Waals surface area contributed by atoms with Gasteiger partial charge in [0.2, 0.25) is 5.91 Å². The van der Waals surface area contributed by atoms with E-state index in [1.165, 1.54) is 12.1 Å². The van der Waals surface area contributed by atoms with Gasteiger partial charge < -0.3 is 19.9 Å². The van der Waals surface area contributed by atoms with Crippen LogP contribution >= 0.6 is 0 Å². The number of hydrogen-bond donors (Lipinski definition) is 2. The number of nitrogens with one attached hydrogen (secondary N) is 1. The van der Waals surface area contributed by atoms with Crippen molar-refractivity contribution < 1.29 is 28.6 Å². The third-order valence-electron chi connectivity index (χ3n) is 3.45. The summed E-state index contributed by atoms with van der Waals surface area (Å²) in [6, 6.07) is 6.01. The number of halogens is 1. The monoisotopic (exact) mass is 311 g/mol. The lowest BCUT2D eigenvalue weighted by Gasteiger charge is -2.23. The quantitative estimate of drug-likeness (QED) is 0.742. The summed E-state index contributed by atoms with van der Waals surface area (Å²) in [6.45, 7) is 0.452. The van der Waals surface area contributed by atoms with E-state index in [-0.39, 0.29) is 37.7 Å². The Bertz CT molecular complexity index is 542. The molecule has 2 N–H and O–H groups in total. The number of carboxylic acids is 1. The lowest BCUT2D eigenvalue weighted by molar-refractivity contribution is -0.147. The zero-order chi connectivity index (χ0) is 16.0. The predicted octanol–water partition coefficient (Wildman–Crippen LogP) is 1.34. The first-order valence-corrected chi connectivity index (χ1v) is 7.03. The molecule has 0 radical (unpaired) electrons. The summed E-state index contributed by atoms with van der Waals surface area (Å²) >= 11 is 0. The number of ether oxygens (including phenoxy) is 2. The number of carbonyl (C=O) groups is 2. The van der Waals surface area contributed by atoms with E-state index in [9.17, 15) is 19.1 Å². The minimum absolute atomic E-state index is 0.0280. The minimum atomic E-state index is -1.33. The van der Waals surface area contributed by atoms with Gasteiger partial charge in [0.15, 0.2) is 17.1 Å². The molecule has 6 nitrogen and oxygen atoms in total. The summed E-state index contributed by atoms with van der Waals surface area (Å²) in [5.41, 5.74) is -1.33. The number of benzene rings is 1. The topological polar surface area (TPSA) is 84.9 Å². The maximum atomic E-state index is 13.3. The van der Waals surface area contributed by atoms with Gasteiger partial charge in [-0.2, -0.15) is 0 Å². The number of carboxylic acid groups (broad SMARTS) is 1. The van der Waals surface area contributed by atoms with Crippen molar-refractivity contribution in [1.29, 1.82) is 0 Å². The van der Waals surface area contributed by atoms with Crippen molar-refractivity contribution in [3.8, 4) is 5.75 Å². The van der Waals surface area contributed by atoms with Gasteiger partial charge in [-0.15, -0.1) is 0 Å². The second-order valence-electron chi connectivity index (χ2n) is 5.12. The fourth-order valence-corrected chi connectivity index (χ4v) is 2.19. The highest BCUT2D eigenvalue weighted by Crippen LogP contribution is 2.19. The van der Waals surface area contributed by atoms with Gasteiger partial charge in [0.05, 0.1) is 13.2 Å². The van der Waals surface area contributed by atoms with Crippen LogP contribution in [-0.4, -0.2) is 42.3 Å². The zero-order valence-corrected chi connectivity index (χ0v) is 12.0.